The highest BCUT2D eigenvalue weighted by atomic mass is 19.1. The second-order valence-electron chi connectivity index (χ2n) is 8.28. The van der Waals surface area contributed by atoms with Gasteiger partial charge < -0.3 is 10.3 Å². The molecular formula is C25H23FN4O. The predicted octanol–water partition coefficient (Wildman–Crippen LogP) is 2.40. The van der Waals surface area contributed by atoms with Gasteiger partial charge in [0, 0.05) is 11.8 Å². The minimum absolute atomic E-state index is 0.145. The minimum atomic E-state index is -0.466. The zero-order valence-electron chi connectivity index (χ0n) is 17.4. The number of hydrogen-bond acceptors (Lipinski definition) is 4. The normalized spacial score (nSPS) is 19.4. The summed E-state index contributed by atoms with van der Waals surface area (Å²) in [5.41, 5.74) is 10.3. The van der Waals surface area contributed by atoms with Crippen molar-refractivity contribution >= 4 is 11.6 Å². The van der Waals surface area contributed by atoms with Crippen molar-refractivity contribution in [3.05, 3.63) is 105 Å². The fourth-order valence-corrected chi connectivity index (χ4v) is 4.49. The first-order valence-electron chi connectivity index (χ1n) is 10.3. The van der Waals surface area contributed by atoms with E-state index in [1.807, 2.05) is 44.4 Å². The van der Waals surface area contributed by atoms with E-state index in [1.54, 1.807) is 0 Å². The predicted molar refractivity (Wildman–Crippen MR) is 117 cm³/mol. The molecule has 0 aromatic heterocycles. The van der Waals surface area contributed by atoms with Crippen LogP contribution in [-0.4, -0.2) is 24.9 Å². The third-order valence-corrected chi connectivity index (χ3v) is 5.79. The number of halogens is 1. The number of carbonyl (C=O) groups excluding carboxylic acids is 1. The van der Waals surface area contributed by atoms with Crippen LogP contribution in [0.2, 0.25) is 0 Å². The molecule has 31 heavy (non-hydrogen) atoms. The van der Waals surface area contributed by atoms with Crippen molar-refractivity contribution < 1.29 is 9.18 Å². The maximum atomic E-state index is 14.3. The summed E-state index contributed by atoms with van der Waals surface area (Å²) >= 11 is 0. The summed E-state index contributed by atoms with van der Waals surface area (Å²) in [7, 11) is 4.09. The highest BCUT2D eigenvalue weighted by molar-refractivity contribution is 5.96. The van der Waals surface area contributed by atoms with E-state index in [0.717, 1.165) is 23.4 Å². The van der Waals surface area contributed by atoms with Gasteiger partial charge in [-0.3, -0.25) is 15.2 Å². The lowest BCUT2D eigenvalue weighted by atomic mass is 9.81. The largest absolute Gasteiger partial charge is 0.305 e. The lowest BCUT2D eigenvalue weighted by Crippen LogP contribution is -2.54. The minimum Gasteiger partial charge on any atom is -0.305 e. The van der Waals surface area contributed by atoms with Crippen LogP contribution in [0.3, 0.4) is 0 Å². The number of hydrogen-bond donors (Lipinski definition) is 2. The smallest absolute Gasteiger partial charge is 0.270 e. The Morgan fingerprint density at radius 1 is 0.968 bits per heavy atom. The van der Waals surface area contributed by atoms with Gasteiger partial charge in [0.15, 0.2) is 0 Å². The summed E-state index contributed by atoms with van der Waals surface area (Å²) in [6.07, 6.45) is 0. The average Bonchev–Trinajstić information content (AvgIpc) is 2.76. The Labute approximate surface area is 179 Å². The molecule has 2 aliphatic rings. The van der Waals surface area contributed by atoms with Crippen LogP contribution in [0, 0.1) is 5.82 Å². The van der Waals surface area contributed by atoms with Gasteiger partial charge in [-0.05, 0) is 42.9 Å². The Bertz CT molecular complexity index is 1270. The summed E-state index contributed by atoms with van der Waals surface area (Å²) in [6, 6.07) is 20.9. The van der Waals surface area contributed by atoms with Crippen LogP contribution in [0.25, 0.3) is 5.70 Å². The van der Waals surface area contributed by atoms with Crippen LogP contribution >= 0.6 is 0 Å². The van der Waals surface area contributed by atoms with Gasteiger partial charge in [-0.25, -0.2) is 4.39 Å². The number of nitrogens with one attached hydrogen (secondary N) is 2. The van der Waals surface area contributed by atoms with Gasteiger partial charge in [-0.2, -0.15) is 0 Å². The quantitative estimate of drug-likeness (QED) is 0.689. The highest BCUT2D eigenvalue weighted by Gasteiger charge is 2.35. The van der Waals surface area contributed by atoms with Crippen LogP contribution in [0.5, 0.6) is 0 Å². The first-order chi connectivity index (χ1) is 15.0. The van der Waals surface area contributed by atoms with Gasteiger partial charge >= 0.3 is 0 Å². The third kappa shape index (κ3) is 3.49. The molecule has 0 saturated carbocycles. The van der Waals surface area contributed by atoms with E-state index in [4.69, 9.17) is 4.99 Å². The summed E-state index contributed by atoms with van der Waals surface area (Å²) < 4.78 is 14.3. The number of carbonyl (C=O) groups is 1. The molecule has 0 aliphatic carbocycles. The molecule has 1 amide bonds. The Hall–Kier alpha value is -3.51. The first-order valence-corrected chi connectivity index (χ1v) is 10.3. The Kier molecular flexibility index (Phi) is 4.79. The van der Waals surface area contributed by atoms with Crippen LogP contribution in [0.15, 0.2) is 71.7 Å². The van der Waals surface area contributed by atoms with E-state index in [2.05, 4.69) is 40.0 Å². The molecule has 0 fully saturated rings. The molecule has 0 saturated heterocycles. The molecular weight excluding hydrogens is 391 g/mol. The molecule has 6 heteroatoms. The van der Waals surface area contributed by atoms with Crippen molar-refractivity contribution in [1.82, 2.24) is 15.8 Å². The van der Waals surface area contributed by atoms with E-state index < -0.39 is 5.82 Å². The van der Waals surface area contributed by atoms with Gasteiger partial charge in [-0.15, -0.1) is 0 Å². The van der Waals surface area contributed by atoms with Crippen LogP contribution in [0.1, 0.15) is 39.0 Å². The zero-order chi connectivity index (χ0) is 21.5. The molecule has 2 atom stereocenters. The maximum Gasteiger partial charge on any atom is 0.270 e. The topological polar surface area (TPSA) is 56.7 Å². The number of rotatable bonds is 4. The van der Waals surface area contributed by atoms with Crippen molar-refractivity contribution in [3.63, 3.8) is 0 Å². The lowest BCUT2D eigenvalue weighted by molar-refractivity contribution is 0.0934. The van der Waals surface area contributed by atoms with E-state index in [1.165, 1.54) is 17.7 Å². The van der Waals surface area contributed by atoms with Crippen molar-refractivity contribution in [2.75, 3.05) is 14.1 Å². The standard InChI is InChI=1S/C25H23FN4O/c1-30(2)14-15-8-10-16(11-9-15)21-23(17-6-4-3-5-7-17)27-20-13-18(26)12-19-22(20)24(21)28-29-25(19)31/h3-13,21,23,28H,14H2,1-2H3,(H,29,31). The van der Waals surface area contributed by atoms with Gasteiger partial charge in [0.2, 0.25) is 0 Å². The second-order valence-corrected chi connectivity index (χ2v) is 8.28. The molecule has 0 bridgehead atoms. The molecule has 3 aromatic rings. The van der Waals surface area contributed by atoms with E-state index in [-0.39, 0.29) is 17.9 Å². The summed E-state index contributed by atoms with van der Waals surface area (Å²) in [5.74, 6) is -0.965. The first kappa shape index (κ1) is 19.5. The maximum absolute atomic E-state index is 14.3. The molecule has 156 valence electrons. The summed E-state index contributed by atoms with van der Waals surface area (Å²) in [4.78, 5) is 19.5. The SMILES string of the molecule is CN(C)Cc1ccc(C2C3=c4c(cc(F)cc4=NC2c2ccccc2)C(=O)NN3)cc1. The fourth-order valence-electron chi connectivity index (χ4n) is 4.49. The molecule has 3 aromatic carbocycles. The van der Waals surface area contributed by atoms with Crippen molar-refractivity contribution in [1.29, 1.82) is 0 Å². The van der Waals surface area contributed by atoms with E-state index in [0.29, 0.717) is 16.1 Å². The molecule has 5 nitrogen and oxygen atoms in total. The summed E-state index contributed by atoms with van der Waals surface area (Å²) in [5, 5.41) is 1.18. The van der Waals surface area contributed by atoms with E-state index >= 15 is 0 Å². The van der Waals surface area contributed by atoms with Gasteiger partial charge in [0.25, 0.3) is 5.91 Å². The van der Waals surface area contributed by atoms with Gasteiger partial charge in [-0.1, -0.05) is 54.6 Å². The number of hydrazine groups is 1. The lowest BCUT2D eigenvalue weighted by Gasteiger charge is -2.33. The third-order valence-electron chi connectivity index (χ3n) is 5.79. The molecule has 2 unspecified atom stereocenters. The number of benzene rings is 3. The van der Waals surface area contributed by atoms with Crippen LogP contribution in [0.4, 0.5) is 4.39 Å². The Morgan fingerprint density at radius 2 is 1.71 bits per heavy atom. The monoisotopic (exact) mass is 414 g/mol. The van der Waals surface area contributed by atoms with Crippen molar-refractivity contribution in [2.45, 2.75) is 18.5 Å². The molecule has 2 N–H and O–H groups in total. The fraction of sp³-hybridized carbons (Fsp3) is 0.200. The molecule has 5 rings (SSSR count). The molecule has 2 aliphatic heterocycles. The highest BCUT2D eigenvalue weighted by Crippen LogP contribution is 2.40. The Morgan fingerprint density at radius 3 is 2.42 bits per heavy atom. The van der Waals surface area contributed by atoms with Crippen molar-refractivity contribution in [3.8, 4) is 0 Å². The second kappa shape index (κ2) is 7.63. The van der Waals surface area contributed by atoms with Gasteiger partial charge in [0.1, 0.15) is 5.82 Å². The molecule has 0 spiro atoms. The average molecular weight is 414 g/mol. The van der Waals surface area contributed by atoms with E-state index in [9.17, 15) is 9.18 Å². The number of nitrogens with zero attached hydrogens (tertiary/aromatic N) is 2. The Balaban J connectivity index is 1.73. The molecule has 0 radical (unpaired) electrons. The summed E-state index contributed by atoms with van der Waals surface area (Å²) in [6.45, 7) is 0.856. The van der Waals surface area contributed by atoms with Crippen molar-refractivity contribution in [2.24, 2.45) is 4.99 Å². The van der Waals surface area contributed by atoms with Crippen LogP contribution in [-0.2, 0) is 6.54 Å². The number of amides is 1. The van der Waals surface area contributed by atoms with Crippen LogP contribution < -0.4 is 21.4 Å². The molecule has 2 heterocycles. The zero-order valence-corrected chi connectivity index (χ0v) is 17.4. The van der Waals surface area contributed by atoms with Gasteiger partial charge in [0.05, 0.1) is 28.6 Å².